The van der Waals surface area contributed by atoms with Gasteiger partial charge >= 0.3 is 5.69 Å². The number of likely N-dealkylation sites (N-methyl/N-ethyl adjacent to an activating group) is 1. The highest BCUT2D eigenvalue weighted by Gasteiger charge is 2.33. The lowest BCUT2D eigenvalue weighted by atomic mass is 10.2. The molecular formula is C23H29N5O4. The van der Waals surface area contributed by atoms with Crippen LogP contribution in [0.1, 0.15) is 25.3 Å². The number of carbonyl (C=O) groups excluding carboxylic acids is 1. The standard InChI is InChI=1S/C23H29N5O4/c1-16(18-9-10-18)25(2)19(29)14-28-22(30)20-21(24-15-26(20)11-12-32-3)27(23(28)31)13-17-7-5-4-6-8-17/h4-8,15-16,18H,9-14H2,1-3H3. The van der Waals surface area contributed by atoms with Gasteiger partial charge in [-0.15, -0.1) is 0 Å². The Morgan fingerprint density at radius 2 is 1.94 bits per heavy atom. The van der Waals surface area contributed by atoms with E-state index in [0.717, 1.165) is 23.0 Å². The van der Waals surface area contributed by atoms with Gasteiger partial charge in [-0.3, -0.25) is 14.2 Å². The fraction of sp³-hybridized carbons (Fsp3) is 0.478. The lowest BCUT2D eigenvalue weighted by Gasteiger charge is -2.25. The quantitative estimate of drug-likeness (QED) is 0.501. The maximum atomic E-state index is 13.4. The topological polar surface area (TPSA) is 91.4 Å². The van der Waals surface area contributed by atoms with Crippen molar-refractivity contribution in [2.24, 2.45) is 5.92 Å². The number of benzene rings is 1. The molecule has 1 atom stereocenters. The maximum Gasteiger partial charge on any atom is 0.333 e. The van der Waals surface area contributed by atoms with Crippen LogP contribution in [0.3, 0.4) is 0 Å². The van der Waals surface area contributed by atoms with E-state index < -0.39 is 11.2 Å². The highest BCUT2D eigenvalue weighted by atomic mass is 16.5. The average Bonchev–Trinajstić information content (AvgIpc) is 3.57. The second-order valence-corrected chi connectivity index (χ2v) is 8.43. The van der Waals surface area contributed by atoms with Crippen molar-refractivity contribution >= 4 is 17.1 Å². The Labute approximate surface area is 185 Å². The van der Waals surface area contributed by atoms with Crippen LogP contribution in [0.5, 0.6) is 0 Å². The molecule has 1 aliphatic rings. The first kappa shape index (κ1) is 22.0. The number of amides is 1. The number of nitrogens with zero attached hydrogens (tertiary/aromatic N) is 5. The summed E-state index contributed by atoms with van der Waals surface area (Å²) in [7, 11) is 3.32. The summed E-state index contributed by atoms with van der Waals surface area (Å²) in [6.07, 6.45) is 3.75. The van der Waals surface area contributed by atoms with Crippen LogP contribution in [-0.2, 0) is 29.2 Å². The Bertz CT molecular complexity index is 1220. The van der Waals surface area contributed by atoms with E-state index >= 15 is 0 Å². The van der Waals surface area contributed by atoms with Crippen LogP contribution in [0.2, 0.25) is 0 Å². The van der Waals surface area contributed by atoms with Crippen molar-refractivity contribution in [3.05, 3.63) is 63.1 Å². The Morgan fingerprint density at radius 3 is 2.59 bits per heavy atom. The van der Waals surface area contributed by atoms with Crippen LogP contribution < -0.4 is 11.2 Å². The van der Waals surface area contributed by atoms with E-state index in [2.05, 4.69) is 4.98 Å². The molecule has 1 saturated carbocycles. The second-order valence-electron chi connectivity index (χ2n) is 8.43. The van der Waals surface area contributed by atoms with Crippen LogP contribution in [0.4, 0.5) is 0 Å². The normalized spacial score (nSPS) is 14.6. The summed E-state index contributed by atoms with van der Waals surface area (Å²) in [4.78, 5) is 45.7. The van der Waals surface area contributed by atoms with Gasteiger partial charge in [-0.1, -0.05) is 30.3 Å². The fourth-order valence-corrected chi connectivity index (χ4v) is 4.01. The predicted molar refractivity (Wildman–Crippen MR) is 121 cm³/mol. The summed E-state index contributed by atoms with van der Waals surface area (Å²) in [5.41, 5.74) is 0.456. The first-order valence-electron chi connectivity index (χ1n) is 10.9. The van der Waals surface area contributed by atoms with Gasteiger partial charge in [0.2, 0.25) is 5.91 Å². The van der Waals surface area contributed by atoms with Crippen LogP contribution in [0.15, 0.2) is 46.2 Å². The largest absolute Gasteiger partial charge is 0.383 e. The smallest absolute Gasteiger partial charge is 0.333 e. The van der Waals surface area contributed by atoms with Crippen molar-refractivity contribution < 1.29 is 9.53 Å². The maximum absolute atomic E-state index is 13.4. The first-order valence-corrected chi connectivity index (χ1v) is 10.9. The average molecular weight is 440 g/mol. The van der Waals surface area contributed by atoms with Gasteiger partial charge in [0.25, 0.3) is 5.56 Å². The third-order valence-electron chi connectivity index (χ3n) is 6.31. The molecule has 1 aromatic carbocycles. The van der Waals surface area contributed by atoms with Crippen molar-refractivity contribution in [2.75, 3.05) is 20.8 Å². The van der Waals surface area contributed by atoms with Crippen molar-refractivity contribution in [3.63, 3.8) is 0 Å². The number of aromatic nitrogens is 4. The van der Waals surface area contributed by atoms with Gasteiger partial charge in [-0.25, -0.2) is 14.3 Å². The molecule has 1 amide bonds. The molecule has 1 fully saturated rings. The molecule has 1 unspecified atom stereocenters. The van der Waals surface area contributed by atoms with Crippen molar-refractivity contribution in [2.45, 2.75) is 45.4 Å². The van der Waals surface area contributed by atoms with Crippen molar-refractivity contribution in [3.8, 4) is 0 Å². The lowest BCUT2D eigenvalue weighted by Crippen LogP contribution is -2.46. The summed E-state index contributed by atoms with van der Waals surface area (Å²) < 4.78 is 9.33. The summed E-state index contributed by atoms with van der Waals surface area (Å²) in [6.45, 7) is 2.77. The van der Waals surface area contributed by atoms with Gasteiger partial charge in [0.15, 0.2) is 11.2 Å². The number of fused-ring (bicyclic) bond motifs is 1. The van der Waals surface area contributed by atoms with Gasteiger partial charge in [0.05, 0.1) is 19.5 Å². The van der Waals surface area contributed by atoms with Crippen molar-refractivity contribution in [1.82, 2.24) is 23.6 Å². The van der Waals surface area contributed by atoms with Gasteiger partial charge < -0.3 is 14.2 Å². The third kappa shape index (κ3) is 4.25. The zero-order valence-electron chi connectivity index (χ0n) is 18.7. The number of hydrogen-bond donors (Lipinski definition) is 0. The number of methoxy groups -OCH3 is 1. The molecule has 9 heteroatoms. The van der Waals surface area contributed by atoms with E-state index in [1.54, 1.807) is 30.0 Å². The third-order valence-corrected chi connectivity index (χ3v) is 6.31. The van der Waals surface area contributed by atoms with E-state index in [1.807, 2.05) is 37.3 Å². The number of carbonyl (C=O) groups is 1. The summed E-state index contributed by atoms with van der Waals surface area (Å²) in [5, 5.41) is 0. The molecule has 4 rings (SSSR count). The molecule has 0 bridgehead atoms. The van der Waals surface area contributed by atoms with Crippen LogP contribution in [-0.4, -0.2) is 56.3 Å². The molecule has 9 nitrogen and oxygen atoms in total. The lowest BCUT2D eigenvalue weighted by molar-refractivity contribution is -0.132. The summed E-state index contributed by atoms with van der Waals surface area (Å²) >= 11 is 0. The van der Waals surface area contributed by atoms with E-state index in [0.29, 0.717) is 30.2 Å². The summed E-state index contributed by atoms with van der Waals surface area (Å²) in [6, 6.07) is 9.58. The van der Waals surface area contributed by atoms with E-state index in [4.69, 9.17) is 4.74 Å². The Kier molecular flexibility index (Phi) is 6.27. The van der Waals surface area contributed by atoms with E-state index in [-0.39, 0.29) is 25.0 Å². The van der Waals surface area contributed by atoms with Crippen LogP contribution in [0.25, 0.3) is 11.2 Å². The zero-order chi connectivity index (χ0) is 22.8. The molecule has 0 aliphatic heterocycles. The number of hydrogen-bond acceptors (Lipinski definition) is 5. The predicted octanol–water partition coefficient (Wildman–Crippen LogP) is 1.31. The SMILES string of the molecule is COCCn1cnc2c1c(=O)n(CC(=O)N(C)C(C)C1CC1)c(=O)n2Cc1ccccc1. The molecule has 2 aromatic heterocycles. The first-order chi connectivity index (χ1) is 15.4. The van der Waals surface area contributed by atoms with Gasteiger partial charge in [0, 0.05) is 26.7 Å². The minimum atomic E-state index is -0.538. The fourth-order valence-electron chi connectivity index (χ4n) is 4.01. The molecule has 3 aromatic rings. The molecule has 2 heterocycles. The number of imidazole rings is 1. The van der Waals surface area contributed by atoms with Gasteiger partial charge in [-0.2, -0.15) is 0 Å². The molecule has 0 saturated heterocycles. The summed E-state index contributed by atoms with van der Waals surface area (Å²) in [5.74, 6) is 0.241. The Balaban J connectivity index is 1.79. The molecule has 0 N–H and O–H groups in total. The molecule has 0 spiro atoms. The highest BCUT2D eigenvalue weighted by Crippen LogP contribution is 2.34. The van der Waals surface area contributed by atoms with Gasteiger partial charge in [0.1, 0.15) is 6.54 Å². The highest BCUT2D eigenvalue weighted by molar-refractivity contribution is 5.77. The van der Waals surface area contributed by atoms with E-state index in [1.165, 1.54) is 4.57 Å². The van der Waals surface area contributed by atoms with Crippen LogP contribution in [0, 0.1) is 5.92 Å². The number of rotatable bonds is 9. The van der Waals surface area contributed by atoms with Gasteiger partial charge in [-0.05, 0) is 31.2 Å². The zero-order valence-corrected chi connectivity index (χ0v) is 18.7. The Hall–Kier alpha value is -3.20. The molecule has 0 radical (unpaired) electrons. The molecular weight excluding hydrogens is 410 g/mol. The minimum Gasteiger partial charge on any atom is -0.383 e. The minimum absolute atomic E-state index is 0.0840. The molecule has 1 aliphatic carbocycles. The van der Waals surface area contributed by atoms with Crippen molar-refractivity contribution in [1.29, 1.82) is 0 Å². The van der Waals surface area contributed by atoms with Crippen LogP contribution >= 0.6 is 0 Å². The van der Waals surface area contributed by atoms with E-state index in [9.17, 15) is 14.4 Å². The molecule has 170 valence electrons. The monoisotopic (exact) mass is 439 g/mol. The Morgan fingerprint density at radius 1 is 1.22 bits per heavy atom. The molecule has 32 heavy (non-hydrogen) atoms. The second kappa shape index (κ2) is 9.12. The number of ether oxygens (including phenoxy) is 1.